The molecule has 1 aliphatic rings. The van der Waals surface area contributed by atoms with Gasteiger partial charge < -0.3 is 19.6 Å². The van der Waals surface area contributed by atoms with E-state index >= 15 is 0 Å². The molecule has 3 atom stereocenters. The average molecular weight is 330 g/mol. The van der Waals surface area contributed by atoms with Crippen LogP contribution in [0.25, 0.3) is 0 Å². The molecule has 128 valence electrons. The van der Waals surface area contributed by atoms with Gasteiger partial charge in [0.15, 0.2) is 11.6 Å². The molecule has 6 nitrogen and oxygen atoms in total. The molecule has 6 heteroatoms. The Kier molecular flexibility index (Phi) is 4.85. The maximum absolute atomic E-state index is 12.0. The minimum atomic E-state index is -0.606. The number of nitrogens with zero attached hydrogens (tertiary/aromatic N) is 1. The maximum Gasteiger partial charge on any atom is 0.273 e. The van der Waals surface area contributed by atoms with Crippen molar-refractivity contribution >= 4 is 5.91 Å². The Morgan fingerprint density at radius 1 is 1.33 bits per heavy atom. The van der Waals surface area contributed by atoms with Gasteiger partial charge in [0.05, 0.1) is 6.10 Å². The lowest BCUT2D eigenvalue weighted by Crippen LogP contribution is -2.37. The molecule has 1 heterocycles. The summed E-state index contributed by atoms with van der Waals surface area (Å²) in [4.78, 5) is 16.0. The lowest BCUT2D eigenvalue weighted by atomic mass is 10.1. The van der Waals surface area contributed by atoms with Crippen LogP contribution in [0.1, 0.15) is 34.8 Å². The van der Waals surface area contributed by atoms with Gasteiger partial charge in [-0.2, -0.15) is 0 Å². The van der Waals surface area contributed by atoms with Gasteiger partial charge in [0, 0.05) is 19.4 Å². The van der Waals surface area contributed by atoms with Crippen LogP contribution >= 0.6 is 0 Å². The molecule has 3 rings (SSSR count). The van der Waals surface area contributed by atoms with Gasteiger partial charge in [-0.25, -0.2) is 4.98 Å². The summed E-state index contributed by atoms with van der Waals surface area (Å²) in [6.45, 7) is 4.09. The number of hydrogen-bond donors (Lipinski definition) is 2. The van der Waals surface area contributed by atoms with Gasteiger partial charge >= 0.3 is 0 Å². The minimum Gasteiger partial charge on any atom is -0.488 e. The number of nitrogens with one attached hydrogen (secondary N) is 1. The topological polar surface area (TPSA) is 84.6 Å². The first-order chi connectivity index (χ1) is 11.5. The van der Waals surface area contributed by atoms with Crippen LogP contribution in [0.15, 0.2) is 34.9 Å². The number of hydrogen-bond acceptors (Lipinski definition) is 5. The molecule has 1 saturated carbocycles. The highest BCUT2D eigenvalue weighted by Gasteiger charge is 2.36. The highest BCUT2D eigenvalue weighted by atomic mass is 16.5. The summed E-state index contributed by atoms with van der Waals surface area (Å²) in [6.07, 6.45) is 2.04. The molecular formula is C18H22N2O4. The number of benzene rings is 1. The van der Waals surface area contributed by atoms with Crippen LogP contribution in [0.4, 0.5) is 0 Å². The molecule has 1 aliphatic carbocycles. The molecule has 0 unspecified atom stereocenters. The van der Waals surface area contributed by atoms with E-state index in [-0.39, 0.29) is 23.6 Å². The van der Waals surface area contributed by atoms with E-state index in [2.05, 4.69) is 10.3 Å². The van der Waals surface area contributed by atoms with E-state index in [1.54, 1.807) is 6.92 Å². The number of aromatic nitrogens is 1. The zero-order valence-corrected chi connectivity index (χ0v) is 13.9. The number of aliphatic hydroxyl groups excluding tert-OH is 1. The first-order valence-corrected chi connectivity index (χ1v) is 8.14. The molecule has 0 radical (unpaired) electrons. The van der Waals surface area contributed by atoms with E-state index in [9.17, 15) is 9.90 Å². The van der Waals surface area contributed by atoms with Crippen LogP contribution < -0.4 is 10.1 Å². The van der Waals surface area contributed by atoms with Crippen molar-refractivity contribution in [2.24, 2.45) is 5.92 Å². The molecule has 0 spiro atoms. The predicted molar refractivity (Wildman–Crippen MR) is 87.9 cm³/mol. The third-order valence-corrected chi connectivity index (χ3v) is 4.37. The van der Waals surface area contributed by atoms with Crippen molar-refractivity contribution in [3.05, 3.63) is 47.7 Å². The molecule has 1 fully saturated rings. The van der Waals surface area contributed by atoms with Crippen molar-refractivity contribution < 1.29 is 19.1 Å². The maximum atomic E-state index is 12.0. The van der Waals surface area contributed by atoms with E-state index in [0.29, 0.717) is 12.4 Å². The highest BCUT2D eigenvalue weighted by Crippen LogP contribution is 2.29. The Morgan fingerprint density at radius 2 is 2.08 bits per heavy atom. The molecule has 24 heavy (non-hydrogen) atoms. The largest absolute Gasteiger partial charge is 0.488 e. The lowest BCUT2D eigenvalue weighted by Gasteiger charge is -2.21. The monoisotopic (exact) mass is 330 g/mol. The van der Waals surface area contributed by atoms with Gasteiger partial charge in [0.1, 0.15) is 18.1 Å². The van der Waals surface area contributed by atoms with Crippen molar-refractivity contribution in [3.8, 4) is 5.75 Å². The molecular weight excluding hydrogens is 308 g/mol. The Bertz CT molecular complexity index is 695. The standard InChI is InChI=1S/C18H22N2O4/c1-11-3-6-14(7-4-11)24-16-8-5-13(17(16)21)9-19-18(22)15-10-23-12(2)20-15/h3-4,6-7,10,13,16-17,21H,5,8-9H2,1-2H3,(H,19,22)/t13-,16-,17-/m1/s1. The van der Waals surface area contributed by atoms with Gasteiger partial charge in [-0.1, -0.05) is 17.7 Å². The van der Waals surface area contributed by atoms with Gasteiger partial charge in [-0.3, -0.25) is 4.79 Å². The number of ether oxygens (including phenoxy) is 1. The number of amides is 1. The Morgan fingerprint density at radius 3 is 2.75 bits per heavy atom. The predicted octanol–water partition coefficient (Wildman–Crippen LogP) is 2.24. The summed E-state index contributed by atoms with van der Waals surface area (Å²) < 4.78 is 10.9. The number of carbonyl (C=O) groups excluding carboxylic acids is 1. The van der Waals surface area contributed by atoms with Crippen LogP contribution in [-0.2, 0) is 0 Å². The van der Waals surface area contributed by atoms with Gasteiger partial charge in [-0.15, -0.1) is 0 Å². The lowest BCUT2D eigenvalue weighted by molar-refractivity contribution is 0.0348. The fourth-order valence-electron chi connectivity index (χ4n) is 2.95. The molecule has 2 aromatic rings. The van der Waals surface area contributed by atoms with Gasteiger partial charge in [0.25, 0.3) is 5.91 Å². The number of aliphatic hydroxyl groups is 1. The SMILES string of the molecule is Cc1ccc(O[C@@H]2CC[C@H](CNC(=O)c3coc(C)n3)[C@H]2O)cc1. The minimum absolute atomic E-state index is 0.0302. The fraction of sp³-hybridized carbons (Fsp3) is 0.444. The van der Waals surface area contributed by atoms with Gasteiger partial charge in [-0.05, 0) is 31.9 Å². The first kappa shape index (κ1) is 16.5. The van der Waals surface area contributed by atoms with E-state index in [0.717, 1.165) is 24.2 Å². The summed E-state index contributed by atoms with van der Waals surface area (Å²) in [5, 5.41) is 13.2. The second-order valence-electron chi connectivity index (χ2n) is 6.26. The molecule has 1 aromatic heterocycles. The smallest absolute Gasteiger partial charge is 0.273 e. The molecule has 0 aliphatic heterocycles. The Balaban J connectivity index is 1.51. The van der Waals surface area contributed by atoms with Crippen LogP contribution in [-0.4, -0.2) is 34.8 Å². The van der Waals surface area contributed by atoms with Crippen molar-refractivity contribution in [2.45, 2.75) is 38.9 Å². The number of rotatable bonds is 5. The Hall–Kier alpha value is -2.34. The molecule has 2 N–H and O–H groups in total. The zero-order chi connectivity index (χ0) is 17.1. The van der Waals surface area contributed by atoms with Crippen molar-refractivity contribution in [2.75, 3.05) is 6.54 Å². The summed E-state index contributed by atoms with van der Waals surface area (Å²) in [5.41, 5.74) is 1.42. The molecule has 0 saturated heterocycles. The summed E-state index contributed by atoms with van der Waals surface area (Å²) in [7, 11) is 0. The van der Waals surface area contributed by atoms with Crippen molar-refractivity contribution in [3.63, 3.8) is 0 Å². The summed E-state index contributed by atoms with van der Waals surface area (Å²) in [6, 6.07) is 7.77. The Labute approximate surface area is 140 Å². The van der Waals surface area contributed by atoms with E-state index in [4.69, 9.17) is 9.15 Å². The normalized spacial score (nSPS) is 23.2. The van der Waals surface area contributed by atoms with E-state index in [1.807, 2.05) is 31.2 Å². The second-order valence-corrected chi connectivity index (χ2v) is 6.26. The van der Waals surface area contributed by atoms with E-state index < -0.39 is 6.10 Å². The average Bonchev–Trinajstić information content (AvgIpc) is 3.15. The number of aryl methyl sites for hydroxylation is 2. The van der Waals surface area contributed by atoms with Crippen LogP contribution in [0, 0.1) is 19.8 Å². The van der Waals surface area contributed by atoms with Crippen LogP contribution in [0.5, 0.6) is 5.75 Å². The summed E-state index contributed by atoms with van der Waals surface area (Å²) in [5.74, 6) is 0.888. The van der Waals surface area contributed by atoms with E-state index in [1.165, 1.54) is 6.26 Å². The van der Waals surface area contributed by atoms with Gasteiger partial charge in [0.2, 0.25) is 0 Å². The van der Waals surface area contributed by atoms with Crippen LogP contribution in [0.3, 0.4) is 0 Å². The van der Waals surface area contributed by atoms with Crippen molar-refractivity contribution in [1.29, 1.82) is 0 Å². The number of oxazole rings is 1. The molecule has 1 aromatic carbocycles. The first-order valence-electron chi connectivity index (χ1n) is 8.14. The molecule has 0 bridgehead atoms. The second kappa shape index (κ2) is 7.05. The summed E-state index contributed by atoms with van der Waals surface area (Å²) >= 11 is 0. The highest BCUT2D eigenvalue weighted by molar-refractivity contribution is 5.91. The fourth-order valence-corrected chi connectivity index (χ4v) is 2.95. The molecule has 1 amide bonds. The third-order valence-electron chi connectivity index (χ3n) is 4.37. The quantitative estimate of drug-likeness (QED) is 0.878. The van der Waals surface area contributed by atoms with Crippen molar-refractivity contribution in [1.82, 2.24) is 10.3 Å². The third kappa shape index (κ3) is 3.76. The zero-order valence-electron chi connectivity index (χ0n) is 13.9. The van der Waals surface area contributed by atoms with Crippen LogP contribution in [0.2, 0.25) is 0 Å². The number of carbonyl (C=O) groups is 1.